The summed E-state index contributed by atoms with van der Waals surface area (Å²) in [6, 6.07) is 0. The van der Waals surface area contributed by atoms with Crippen molar-refractivity contribution in [2.45, 2.75) is 13.3 Å². The molecule has 0 fully saturated rings. The fourth-order valence-electron chi connectivity index (χ4n) is 1.01. The lowest BCUT2D eigenvalue weighted by atomic mass is 10.3. The first kappa shape index (κ1) is 9.73. The molecule has 5 nitrogen and oxygen atoms in total. The third-order valence-corrected chi connectivity index (χ3v) is 1.87. The van der Waals surface area contributed by atoms with E-state index in [1.165, 1.54) is 10.9 Å². The van der Waals surface area contributed by atoms with E-state index in [0.717, 1.165) is 0 Å². The van der Waals surface area contributed by atoms with Gasteiger partial charge in [-0.15, -0.1) is 0 Å². The van der Waals surface area contributed by atoms with Gasteiger partial charge in [-0.05, 0) is 14.0 Å². The van der Waals surface area contributed by atoms with Crippen LogP contribution in [-0.2, 0) is 0 Å². The Bertz CT molecular complexity index is 305. The van der Waals surface area contributed by atoms with Crippen LogP contribution in [0.2, 0.25) is 0 Å². The zero-order valence-corrected chi connectivity index (χ0v) is 7.87. The van der Waals surface area contributed by atoms with Crippen molar-refractivity contribution in [2.24, 2.45) is 0 Å². The molecule has 0 aromatic carbocycles. The third kappa shape index (κ3) is 2.06. The summed E-state index contributed by atoms with van der Waals surface area (Å²) >= 11 is 0. The Morgan fingerprint density at radius 3 is 2.92 bits per heavy atom. The van der Waals surface area contributed by atoms with Crippen molar-refractivity contribution in [2.75, 3.05) is 19.3 Å². The number of nitrogens with two attached hydrogens (primary N) is 1. The number of aromatic nitrogens is 2. The zero-order valence-electron chi connectivity index (χ0n) is 7.87. The predicted octanol–water partition coefficient (Wildman–Crippen LogP) is 0.0234. The Hall–Kier alpha value is -1.36. The van der Waals surface area contributed by atoms with Crippen LogP contribution < -0.4 is 11.1 Å². The van der Waals surface area contributed by atoms with Crippen LogP contribution >= 0.6 is 0 Å². The van der Waals surface area contributed by atoms with E-state index < -0.39 is 0 Å². The highest BCUT2D eigenvalue weighted by atomic mass is 16.2. The number of carbonyl (C=O) groups excluding carboxylic acids is 1. The maximum atomic E-state index is 11.4. The van der Waals surface area contributed by atoms with Crippen molar-refractivity contribution in [1.29, 1.82) is 0 Å². The van der Waals surface area contributed by atoms with E-state index in [2.05, 4.69) is 10.4 Å². The lowest BCUT2D eigenvalue weighted by Gasteiger charge is -2.02. The van der Waals surface area contributed by atoms with Crippen molar-refractivity contribution in [3.8, 4) is 0 Å². The molecule has 72 valence electrons. The second kappa shape index (κ2) is 4.04. The average Bonchev–Trinajstić information content (AvgIpc) is 2.44. The Balaban J connectivity index is 2.71. The standard InChI is InChI=1S/C8H14N4O/c1-6-7(9)5-11-12(6)8(13)3-4-10-2/h5,10H,3-4,9H2,1-2H3. The molecule has 0 bridgehead atoms. The molecule has 5 heteroatoms. The summed E-state index contributed by atoms with van der Waals surface area (Å²) in [5, 5.41) is 6.78. The summed E-state index contributed by atoms with van der Waals surface area (Å²) in [7, 11) is 1.80. The monoisotopic (exact) mass is 182 g/mol. The van der Waals surface area contributed by atoms with Crippen LogP contribution in [0.3, 0.4) is 0 Å². The fourth-order valence-corrected chi connectivity index (χ4v) is 1.01. The lowest BCUT2D eigenvalue weighted by Crippen LogP contribution is -2.19. The second-order valence-corrected chi connectivity index (χ2v) is 2.84. The van der Waals surface area contributed by atoms with Crippen molar-refractivity contribution in [1.82, 2.24) is 15.1 Å². The van der Waals surface area contributed by atoms with Gasteiger partial charge in [0.25, 0.3) is 0 Å². The minimum atomic E-state index is -0.0384. The van der Waals surface area contributed by atoms with E-state index in [9.17, 15) is 4.79 Å². The Labute approximate surface area is 76.9 Å². The van der Waals surface area contributed by atoms with Gasteiger partial charge in [-0.1, -0.05) is 0 Å². The number of nitrogens with zero attached hydrogens (tertiary/aromatic N) is 2. The van der Waals surface area contributed by atoms with Crippen LogP contribution in [0.25, 0.3) is 0 Å². The Kier molecular flexibility index (Phi) is 3.02. The highest BCUT2D eigenvalue weighted by Crippen LogP contribution is 2.08. The van der Waals surface area contributed by atoms with Gasteiger partial charge in [-0.25, -0.2) is 4.68 Å². The van der Waals surface area contributed by atoms with Crippen LogP contribution in [0.4, 0.5) is 5.69 Å². The highest BCUT2D eigenvalue weighted by molar-refractivity contribution is 5.79. The van der Waals surface area contributed by atoms with Crippen LogP contribution in [0.5, 0.6) is 0 Å². The molecule has 0 unspecified atom stereocenters. The molecule has 0 saturated heterocycles. The fraction of sp³-hybridized carbons (Fsp3) is 0.500. The molecule has 0 amide bonds. The summed E-state index contributed by atoms with van der Waals surface area (Å²) in [6.07, 6.45) is 1.92. The van der Waals surface area contributed by atoms with Crippen molar-refractivity contribution in [3.05, 3.63) is 11.9 Å². The highest BCUT2D eigenvalue weighted by Gasteiger charge is 2.09. The molecule has 0 aliphatic rings. The molecule has 0 saturated carbocycles. The summed E-state index contributed by atoms with van der Waals surface area (Å²) in [6.45, 7) is 2.43. The van der Waals surface area contributed by atoms with E-state index in [-0.39, 0.29) is 5.91 Å². The molecule has 1 rings (SSSR count). The molecular weight excluding hydrogens is 168 g/mol. The van der Waals surface area contributed by atoms with Crippen molar-refractivity contribution in [3.63, 3.8) is 0 Å². The van der Waals surface area contributed by atoms with Gasteiger partial charge in [0.1, 0.15) is 0 Å². The third-order valence-electron chi connectivity index (χ3n) is 1.87. The maximum absolute atomic E-state index is 11.4. The average molecular weight is 182 g/mol. The minimum absolute atomic E-state index is 0.0384. The first-order valence-corrected chi connectivity index (χ1v) is 4.14. The number of nitrogens with one attached hydrogen (secondary N) is 1. The quantitative estimate of drug-likeness (QED) is 0.691. The number of carbonyl (C=O) groups is 1. The predicted molar refractivity (Wildman–Crippen MR) is 50.5 cm³/mol. The van der Waals surface area contributed by atoms with E-state index in [0.29, 0.717) is 24.3 Å². The smallest absolute Gasteiger partial charge is 0.248 e. The largest absolute Gasteiger partial charge is 0.396 e. The first-order valence-electron chi connectivity index (χ1n) is 4.14. The van der Waals surface area contributed by atoms with E-state index >= 15 is 0 Å². The van der Waals surface area contributed by atoms with Crippen LogP contribution in [-0.4, -0.2) is 29.3 Å². The van der Waals surface area contributed by atoms with E-state index in [4.69, 9.17) is 5.73 Å². The van der Waals surface area contributed by atoms with Gasteiger partial charge >= 0.3 is 0 Å². The molecule has 0 atom stereocenters. The van der Waals surface area contributed by atoms with Gasteiger partial charge in [0.15, 0.2) is 0 Å². The Morgan fingerprint density at radius 1 is 1.77 bits per heavy atom. The van der Waals surface area contributed by atoms with E-state index in [1.54, 1.807) is 14.0 Å². The van der Waals surface area contributed by atoms with Crippen molar-refractivity contribution >= 4 is 11.6 Å². The van der Waals surface area contributed by atoms with Gasteiger partial charge in [0.05, 0.1) is 17.6 Å². The maximum Gasteiger partial charge on any atom is 0.248 e. The molecule has 1 aromatic heterocycles. The lowest BCUT2D eigenvalue weighted by molar-refractivity contribution is 0.0885. The molecule has 1 heterocycles. The van der Waals surface area contributed by atoms with Gasteiger partial charge in [0.2, 0.25) is 5.91 Å². The first-order chi connectivity index (χ1) is 6.16. The second-order valence-electron chi connectivity index (χ2n) is 2.84. The number of hydrogen-bond donors (Lipinski definition) is 2. The van der Waals surface area contributed by atoms with Crippen molar-refractivity contribution < 1.29 is 4.79 Å². The molecule has 13 heavy (non-hydrogen) atoms. The van der Waals surface area contributed by atoms with E-state index in [1.807, 2.05) is 0 Å². The SMILES string of the molecule is CNCCC(=O)n1ncc(N)c1C. The molecule has 0 aliphatic heterocycles. The van der Waals surface area contributed by atoms with Crippen LogP contribution in [0.1, 0.15) is 16.9 Å². The van der Waals surface area contributed by atoms with Gasteiger partial charge in [-0.3, -0.25) is 4.79 Å². The summed E-state index contributed by atoms with van der Waals surface area (Å²) in [5.74, 6) is -0.0384. The van der Waals surface area contributed by atoms with Crippen LogP contribution in [0, 0.1) is 6.92 Å². The normalized spacial score (nSPS) is 10.3. The summed E-state index contributed by atoms with van der Waals surface area (Å²) in [4.78, 5) is 11.4. The number of nitrogen functional groups attached to an aromatic ring is 1. The topological polar surface area (TPSA) is 72.9 Å². The molecule has 1 aromatic rings. The summed E-state index contributed by atoms with van der Waals surface area (Å²) < 4.78 is 1.34. The van der Waals surface area contributed by atoms with Crippen LogP contribution in [0.15, 0.2) is 6.20 Å². The van der Waals surface area contributed by atoms with Gasteiger partial charge < -0.3 is 11.1 Å². The molecule has 0 radical (unpaired) electrons. The molecular formula is C8H14N4O. The minimum Gasteiger partial charge on any atom is -0.396 e. The van der Waals surface area contributed by atoms with Gasteiger partial charge in [0, 0.05) is 13.0 Å². The summed E-state index contributed by atoms with van der Waals surface area (Å²) in [5.41, 5.74) is 6.82. The van der Waals surface area contributed by atoms with Gasteiger partial charge in [-0.2, -0.15) is 5.10 Å². The molecule has 0 aliphatic carbocycles. The Morgan fingerprint density at radius 2 is 2.46 bits per heavy atom. The number of hydrogen-bond acceptors (Lipinski definition) is 4. The molecule has 3 N–H and O–H groups in total. The molecule has 0 spiro atoms. The zero-order chi connectivity index (χ0) is 9.84. The number of anilines is 1. The number of rotatable bonds is 3.